The predicted molar refractivity (Wildman–Crippen MR) is 397 cm³/mol. The molecule has 14 aromatic carbocycles. The van der Waals surface area contributed by atoms with Gasteiger partial charge in [0.1, 0.15) is 0 Å². The largest absolute Gasteiger partial charge is 0.306 e. The van der Waals surface area contributed by atoms with Crippen LogP contribution in [0.5, 0.6) is 0 Å². The lowest BCUT2D eigenvalue weighted by atomic mass is 9.97. The highest BCUT2D eigenvalue weighted by atomic mass is 28.3. The summed E-state index contributed by atoms with van der Waals surface area (Å²) in [5.41, 5.74) is 15.3. The average Bonchev–Trinajstić information content (AvgIpc) is 1.52. The first-order chi connectivity index (χ1) is 47.2. The zero-order chi connectivity index (χ0) is 62.3. The molecule has 0 aliphatic carbocycles. The second-order valence-corrected chi connectivity index (χ2v) is 28.7. The Kier molecular flexibility index (Phi) is 11.6. The summed E-state index contributed by atoms with van der Waals surface area (Å²) in [4.78, 5) is 17.8. The number of benzene rings is 14. The SMILES string of the molecule is c1ccc(-c2nc(-c3cccc([Si](c4ccccc4)(c4ccccc4)c4ccccc4)c3)nc(-c3c(-n4c5ccccc5c5ccccc54)c(-n4c5ccccc5c5ccccc54)c(-n4c5ccccc5c5ccccc54)c4c3c3cccc5c6ccccc6n4c53)n2)cc1. The molecule has 0 unspecified atom stereocenters. The van der Waals surface area contributed by atoms with Gasteiger partial charge < -0.3 is 18.1 Å². The maximum atomic E-state index is 6.12. The maximum Gasteiger partial charge on any atom is 0.179 e. The van der Waals surface area contributed by atoms with Gasteiger partial charge in [-0.1, -0.05) is 291 Å². The van der Waals surface area contributed by atoms with Crippen molar-refractivity contribution in [2.75, 3.05) is 0 Å². The molecule has 0 atom stereocenters. The van der Waals surface area contributed by atoms with Crippen molar-refractivity contribution in [1.29, 1.82) is 0 Å². The number of fused-ring (bicyclic) bond motifs is 15. The van der Waals surface area contributed by atoms with Crippen LogP contribution in [0.4, 0.5) is 0 Å². The number of rotatable bonds is 10. The van der Waals surface area contributed by atoms with Crippen LogP contribution < -0.4 is 20.7 Å². The van der Waals surface area contributed by atoms with Gasteiger partial charge in [-0.25, -0.2) is 15.0 Å². The molecule has 7 nitrogen and oxygen atoms in total. The van der Waals surface area contributed by atoms with Gasteiger partial charge in [0.05, 0.1) is 72.3 Å². The average molecular weight is 1230 g/mol. The Bertz CT molecular complexity index is 6210. The molecule has 20 rings (SSSR count). The molecule has 6 aromatic heterocycles. The molecule has 442 valence electrons. The molecule has 0 saturated heterocycles. The molecule has 8 heteroatoms. The van der Waals surface area contributed by atoms with Crippen LogP contribution in [0.3, 0.4) is 0 Å². The summed E-state index contributed by atoms with van der Waals surface area (Å²) in [7, 11) is -3.05. The van der Waals surface area contributed by atoms with Gasteiger partial charge in [-0.3, -0.25) is 0 Å². The van der Waals surface area contributed by atoms with Crippen LogP contribution in [-0.2, 0) is 0 Å². The van der Waals surface area contributed by atoms with Crippen LogP contribution in [0.2, 0.25) is 0 Å². The summed E-state index contributed by atoms with van der Waals surface area (Å²) in [6, 6.07) is 123. The highest BCUT2D eigenvalue weighted by molar-refractivity contribution is 7.20. The summed E-state index contributed by atoms with van der Waals surface area (Å²) in [5.74, 6) is 1.69. The lowest BCUT2D eigenvalue weighted by Crippen LogP contribution is -2.74. The Morgan fingerprint density at radius 2 is 0.537 bits per heavy atom. The van der Waals surface area contributed by atoms with Crippen LogP contribution in [-0.4, -0.2) is 41.1 Å². The van der Waals surface area contributed by atoms with Gasteiger partial charge >= 0.3 is 0 Å². The number of nitrogens with zero attached hydrogens (tertiary/aromatic N) is 7. The molecular formula is C87H55N7Si. The van der Waals surface area contributed by atoms with E-state index in [1.54, 1.807) is 0 Å². The van der Waals surface area contributed by atoms with Gasteiger partial charge in [0.2, 0.25) is 0 Å². The Morgan fingerprint density at radius 3 is 1.00 bits per heavy atom. The minimum absolute atomic E-state index is 0.549. The Hall–Kier alpha value is -12.5. The number of para-hydroxylation sites is 8. The van der Waals surface area contributed by atoms with Crippen molar-refractivity contribution in [3.63, 3.8) is 0 Å². The molecule has 20 aromatic rings. The van der Waals surface area contributed by atoms with Crippen molar-refractivity contribution < 1.29 is 0 Å². The highest BCUT2D eigenvalue weighted by Crippen LogP contribution is 2.54. The second-order valence-electron chi connectivity index (χ2n) is 24.9. The second kappa shape index (κ2) is 20.8. The van der Waals surface area contributed by atoms with Crippen molar-refractivity contribution >= 4 is 132 Å². The molecule has 6 heterocycles. The van der Waals surface area contributed by atoms with Gasteiger partial charge in [0, 0.05) is 65.0 Å². The standard InChI is InChI=1S/C87H55N7Si/c1-5-29-56(30-6-1)85-88-86(57-31-27-38-61(55-57)95(58-32-7-2-8-33-58,59-34-9-3-10-35-59)60-36-11-4-12-37-60)90-87(89-85)79-78-70-47-28-46-69-68-45-19-26-54-77(68)94(80(69)70)81(78)83(92-73-50-22-15-41-64(73)65-42-16-23-51-74(65)92)84(93-75-52-24-17-43-66(75)67-44-18-25-53-76(67)93)82(79)91-71-48-20-13-39-62(71)63-40-14-21-49-72(63)91/h1-55H. The van der Waals surface area contributed by atoms with Gasteiger partial charge in [-0.2, -0.15) is 0 Å². The van der Waals surface area contributed by atoms with Gasteiger partial charge in [-0.05, 0) is 63.2 Å². The van der Waals surface area contributed by atoms with Crippen molar-refractivity contribution in [3.8, 4) is 51.2 Å². The zero-order valence-corrected chi connectivity index (χ0v) is 52.4. The fourth-order valence-corrected chi connectivity index (χ4v) is 21.1. The topological polar surface area (TPSA) is 57.9 Å². The van der Waals surface area contributed by atoms with E-state index in [2.05, 4.69) is 352 Å². The normalized spacial score (nSPS) is 12.2. The molecule has 95 heavy (non-hydrogen) atoms. The Morgan fingerprint density at radius 1 is 0.221 bits per heavy atom. The zero-order valence-electron chi connectivity index (χ0n) is 51.4. The predicted octanol–water partition coefficient (Wildman–Crippen LogP) is 18.7. The van der Waals surface area contributed by atoms with Gasteiger partial charge in [0.25, 0.3) is 0 Å². The van der Waals surface area contributed by atoms with Crippen molar-refractivity contribution in [3.05, 3.63) is 334 Å². The molecular weight excluding hydrogens is 1170 g/mol. The smallest absolute Gasteiger partial charge is 0.179 e. The summed E-state index contributed by atoms with van der Waals surface area (Å²) in [6.45, 7) is 0. The van der Waals surface area contributed by atoms with Crippen LogP contribution in [0.25, 0.3) is 155 Å². The van der Waals surface area contributed by atoms with Crippen LogP contribution in [0.1, 0.15) is 0 Å². The molecule has 0 N–H and O–H groups in total. The van der Waals surface area contributed by atoms with E-state index in [1.807, 2.05) is 0 Å². The van der Waals surface area contributed by atoms with Gasteiger partial charge in [-0.15, -0.1) is 0 Å². The molecule has 0 amide bonds. The minimum Gasteiger partial charge on any atom is -0.306 e. The van der Waals surface area contributed by atoms with Crippen LogP contribution >= 0.6 is 0 Å². The first kappa shape index (κ1) is 53.2. The van der Waals surface area contributed by atoms with E-state index in [1.165, 1.54) is 42.3 Å². The summed E-state index contributed by atoms with van der Waals surface area (Å²) in [5, 5.41) is 16.5. The monoisotopic (exact) mass is 1230 g/mol. The Balaban J connectivity index is 1.04. The first-order valence-electron chi connectivity index (χ1n) is 32.5. The summed E-state index contributed by atoms with van der Waals surface area (Å²) in [6.07, 6.45) is 0. The van der Waals surface area contributed by atoms with Crippen molar-refractivity contribution in [2.24, 2.45) is 0 Å². The quantitative estimate of drug-likeness (QED) is 0.101. The summed E-state index contributed by atoms with van der Waals surface area (Å²) >= 11 is 0. The van der Waals surface area contributed by atoms with Crippen molar-refractivity contribution in [1.82, 2.24) is 33.1 Å². The molecule has 0 aliphatic heterocycles. The van der Waals surface area contributed by atoms with E-state index in [-0.39, 0.29) is 0 Å². The lowest BCUT2D eigenvalue weighted by molar-refractivity contribution is 1.04. The van der Waals surface area contributed by atoms with E-state index >= 15 is 0 Å². The fourth-order valence-electron chi connectivity index (χ4n) is 16.3. The molecule has 0 spiro atoms. The van der Waals surface area contributed by atoms with E-state index < -0.39 is 8.07 Å². The third kappa shape index (κ3) is 7.59. The van der Waals surface area contributed by atoms with E-state index in [4.69, 9.17) is 15.0 Å². The fraction of sp³-hybridized carbons (Fsp3) is 0. The Labute approximate surface area is 546 Å². The molecule has 0 fully saturated rings. The highest BCUT2D eigenvalue weighted by Gasteiger charge is 2.42. The molecule has 0 aliphatic rings. The minimum atomic E-state index is -3.05. The van der Waals surface area contributed by atoms with E-state index in [0.717, 1.165) is 116 Å². The molecule has 0 radical (unpaired) electrons. The van der Waals surface area contributed by atoms with E-state index in [0.29, 0.717) is 17.5 Å². The molecule has 0 saturated carbocycles. The number of hydrogen-bond acceptors (Lipinski definition) is 3. The summed E-state index contributed by atoms with van der Waals surface area (Å²) < 4.78 is 10.3. The maximum absolute atomic E-state index is 6.12. The van der Waals surface area contributed by atoms with Gasteiger partial charge in [0.15, 0.2) is 25.5 Å². The van der Waals surface area contributed by atoms with Crippen LogP contribution in [0, 0.1) is 0 Å². The first-order valence-corrected chi connectivity index (χ1v) is 34.5. The molecule has 0 bridgehead atoms. The van der Waals surface area contributed by atoms with E-state index in [9.17, 15) is 0 Å². The third-order valence-electron chi connectivity index (χ3n) is 20.1. The van der Waals surface area contributed by atoms with Crippen LogP contribution in [0.15, 0.2) is 334 Å². The van der Waals surface area contributed by atoms with Crippen molar-refractivity contribution in [2.45, 2.75) is 0 Å². The lowest BCUT2D eigenvalue weighted by Gasteiger charge is -2.34. The number of hydrogen-bond donors (Lipinski definition) is 0. The number of aromatic nitrogens is 7. The third-order valence-corrected chi connectivity index (χ3v) is 24.8.